The maximum Gasteiger partial charge on any atom is 0.326 e. The summed E-state index contributed by atoms with van der Waals surface area (Å²) >= 11 is 0. The molecule has 0 aliphatic heterocycles. The van der Waals surface area contributed by atoms with Crippen LogP contribution >= 0.6 is 0 Å². The van der Waals surface area contributed by atoms with Crippen molar-refractivity contribution in [3.8, 4) is 0 Å². The second-order valence-electron chi connectivity index (χ2n) is 7.64. The van der Waals surface area contributed by atoms with Crippen molar-refractivity contribution in [3.05, 3.63) is 0 Å². The van der Waals surface area contributed by atoms with Crippen LogP contribution < -0.4 is 33.2 Å². The molecule has 0 bridgehead atoms. The third kappa shape index (κ3) is 10.2. The Morgan fingerprint density at radius 3 is 1.72 bits per heavy atom. The van der Waals surface area contributed by atoms with Crippen molar-refractivity contribution in [1.29, 1.82) is 0 Å². The SMILES string of the molecule is CC(C)C(NC(=O)C(NC(=O)C(N)CCC(N)=O)C(C)O)C(=O)NC(CC(N)=O)C(=O)O. The number of aliphatic hydroxyl groups is 1. The number of aliphatic carboxylic acids is 1. The first-order valence-electron chi connectivity index (χ1n) is 9.81. The molecule has 0 heterocycles. The van der Waals surface area contributed by atoms with Gasteiger partial charge in [-0.25, -0.2) is 4.79 Å². The maximum absolute atomic E-state index is 12.7. The van der Waals surface area contributed by atoms with Crippen LogP contribution in [0.15, 0.2) is 0 Å². The van der Waals surface area contributed by atoms with E-state index in [0.717, 1.165) is 0 Å². The molecule has 0 saturated heterocycles. The number of nitrogens with one attached hydrogen (secondary N) is 3. The van der Waals surface area contributed by atoms with E-state index < -0.39 is 78.1 Å². The predicted molar refractivity (Wildman–Crippen MR) is 110 cm³/mol. The maximum atomic E-state index is 12.7. The highest BCUT2D eigenvalue weighted by Crippen LogP contribution is 2.06. The number of hydrogen-bond acceptors (Lipinski definition) is 8. The first kappa shape index (κ1) is 28.7. The Balaban J connectivity index is 5.33. The number of hydrogen-bond donors (Lipinski definition) is 8. The highest BCUT2D eigenvalue weighted by molar-refractivity contribution is 5.95. The molecule has 0 aromatic heterocycles. The fourth-order valence-electron chi connectivity index (χ4n) is 2.54. The van der Waals surface area contributed by atoms with Gasteiger partial charge in [-0.3, -0.25) is 24.0 Å². The van der Waals surface area contributed by atoms with Crippen molar-refractivity contribution in [1.82, 2.24) is 16.0 Å². The number of rotatable bonds is 14. The summed E-state index contributed by atoms with van der Waals surface area (Å²) in [6.07, 6.45) is -2.29. The van der Waals surface area contributed by atoms with Gasteiger partial charge in [-0.05, 0) is 19.3 Å². The van der Waals surface area contributed by atoms with E-state index >= 15 is 0 Å². The van der Waals surface area contributed by atoms with Crippen molar-refractivity contribution in [2.24, 2.45) is 23.1 Å². The molecule has 0 spiro atoms. The first-order valence-corrected chi connectivity index (χ1v) is 9.81. The van der Waals surface area contributed by atoms with Gasteiger partial charge >= 0.3 is 5.97 Å². The summed E-state index contributed by atoms with van der Waals surface area (Å²) in [5, 5.41) is 25.8. The van der Waals surface area contributed by atoms with Crippen LogP contribution in [0.1, 0.15) is 40.0 Å². The standard InChI is InChI=1S/C18H32N6O8/c1-7(2)13(16(29)22-10(18(31)32)6-12(21)27)23-17(30)14(8(3)25)24-15(28)9(19)4-5-11(20)26/h7-10,13-14,25H,4-6,19H2,1-3H3,(H2,20,26)(H2,21,27)(H,22,29)(H,23,30)(H,24,28)(H,31,32). The van der Waals surface area contributed by atoms with Crippen LogP contribution in [0, 0.1) is 5.92 Å². The summed E-state index contributed by atoms with van der Waals surface area (Å²) in [7, 11) is 0. The molecule has 14 heteroatoms. The monoisotopic (exact) mass is 460 g/mol. The largest absolute Gasteiger partial charge is 0.480 e. The van der Waals surface area contributed by atoms with Gasteiger partial charge in [-0.1, -0.05) is 13.8 Å². The molecule has 0 aliphatic rings. The van der Waals surface area contributed by atoms with E-state index in [4.69, 9.17) is 22.3 Å². The van der Waals surface area contributed by atoms with Crippen molar-refractivity contribution < 1.29 is 39.0 Å². The predicted octanol–water partition coefficient (Wildman–Crippen LogP) is -3.97. The summed E-state index contributed by atoms with van der Waals surface area (Å²) in [6, 6.07) is -5.55. The van der Waals surface area contributed by atoms with E-state index in [1.54, 1.807) is 13.8 Å². The third-order valence-corrected chi connectivity index (χ3v) is 4.37. The Bertz CT molecular complexity index is 726. The Morgan fingerprint density at radius 2 is 1.31 bits per heavy atom. The van der Waals surface area contributed by atoms with E-state index in [1.165, 1.54) is 6.92 Å². The number of carboxylic acid groups (broad SMARTS) is 1. The number of carbonyl (C=O) groups excluding carboxylic acids is 5. The molecular formula is C18H32N6O8. The lowest BCUT2D eigenvalue weighted by Crippen LogP contribution is -2.60. The number of carbonyl (C=O) groups is 6. The molecule has 11 N–H and O–H groups in total. The van der Waals surface area contributed by atoms with Crippen molar-refractivity contribution in [2.45, 2.75) is 70.3 Å². The number of carboxylic acids is 1. The summed E-state index contributed by atoms with van der Waals surface area (Å²) in [4.78, 5) is 70.4. The van der Waals surface area contributed by atoms with Gasteiger partial charge in [-0.15, -0.1) is 0 Å². The Kier molecular flexibility index (Phi) is 11.9. The summed E-state index contributed by atoms with van der Waals surface area (Å²) < 4.78 is 0. The molecular weight excluding hydrogens is 428 g/mol. The summed E-state index contributed by atoms with van der Waals surface area (Å²) in [5.74, 6) is -6.32. The lowest BCUT2D eigenvalue weighted by atomic mass is 10.0. The van der Waals surface area contributed by atoms with Gasteiger partial charge in [0, 0.05) is 6.42 Å². The molecule has 0 fully saturated rings. The number of primary amides is 2. The average molecular weight is 460 g/mol. The van der Waals surface area contributed by atoms with Gasteiger partial charge in [-0.2, -0.15) is 0 Å². The van der Waals surface area contributed by atoms with Crippen LogP contribution in [0.25, 0.3) is 0 Å². The normalized spacial score (nSPS) is 15.6. The third-order valence-electron chi connectivity index (χ3n) is 4.37. The van der Waals surface area contributed by atoms with E-state index in [2.05, 4.69) is 16.0 Å². The molecule has 5 unspecified atom stereocenters. The van der Waals surface area contributed by atoms with Gasteiger partial charge in [0.05, 0.1) is 18.6 Å². The lowest BCUT2D eigenvalue weighted by Gasteiger charge is -2.28. The van der Waals surface area contributed by atoms with Gasteiger partial charge in [0.2, 0.25) is 29.5 Å². The number of amides is 5. The van der Waals surface area contributed by atoms with Crippen molar-refractivity contribution >= 4 is 35.5 Å². The highest BCUT2D eigenvalue weighted by atomic mass is 16.4. The zero-order chi connectivity index (χ0) is 25.2. The van der Waals surface area contributed by atoms with Crippen LogP contribution in [-0.4, -0.2) is 76.0 Å². The second kappa shape index (κ2) is 13.2. The molecule has 182 valence electrons. The molecule has 0 aromatic rings. The fraction of sp³-hybridized carbons (Fsp3) is 0.667. The summed E-state index contributed by atoms with van der Waals surface area (Å²) in [5.41, 5.74) is 15.6. The van der Waals surface area contributed by atoms with Crippen molar-refractivity contribution in [3.63, 3.8) is 0 Å². The smallest absolute Gasteiger partial charge is 0.326 e. The van der Waals surface area contributed by atoms with Crippen LogP contribution in [0.5, 0.6) is 0 Å². The minimum absolute atomic E-state index is 0.0806. The minimum atomic E-state index is -1.60. The average Bonchev–Trinajstić information content (AvgIpc) is 2.66. The number of nitrogens with two attached hydrogens (primary N) is 3. The van der Waals surface area contributed by atoms with Crippen LogP contribution in [0.2, 0.25) is 0 Å². The molecule has 0 aliphatic carbocycles. The lowest BCUT2D eigenvalue weighted by molar-refractivity contribution is -0.144. The molecule has 32 heavy (non-hydrogen) atoms. The zero-order valence-electron chi connectivity index (χ0n) is 18.2. The van der Waals surface area contributed by atoms with Crippen LogP contribution in [0.4, 0.5) is 0 Å². The summed E-state index contributed by atoms with van der Waals surface area (Å²) in [6.45, 7) is 4.34. The molecule has 5 atom stereocenters. The highest BCUT2D eigenvalue weighted by Gasteiger charge is 2.34. The van der Waals surface area contributed by atoms with Crippen molar-refractivity contribution in [2.75, 3.05) is 0 Å². The van der Waals surface area contributed by atoms with Crippen LogP contribution in [-0.2, 0) is 28.8 Å². The molecule has 0 rings (SSSR count). The molecule has 14 nitrogen and oxygen atoms in total. The Morgan fingerprint density at radius 1 is 0.812 bits per heavy atom. The van der Waals surface area contributed by atoms with E-state index in [1.807, 2.05) is 0 Å². The minimum Gasteiger partial charge on any atom is -0.480 e. The second-order valence-corrected chi connectivity index (χ2v) is 7.64. The Hall–Kier alpha value is -3.26. The van der Waals surface area contributed by atoms with E-state index in [0.29, 0.717) is 0 Å². The van der Waals surface area contributed by atoms with Gasteiger partial charge in [0.1, 0.15) is 18.1 Å². The van der Waals surface area contributed by atoms with Crippen LogP contribution in [0.3, 0.4) is 0 Å². The molecule has 0 saturated carbocycles. The van der Waals surface area contributed by atoms with Gasteiger partial charge in [0.25, 0.3) is 0 Å². The van der Waals surface area contributed by atoms with Gasteiger partial charge < -0.3 is 43.4 Å². The first-order chi connectivity index (χ1) is 14.7. The quantitative estimate of drug-likeness (QED) is 0.125. The molecule has 5 amide bonds. The topological polar surface area (TPSA) is 257 Å². The number of aliphatic hydroxyl groups excluding tert-OH is 1. The molecule has 0 aromatic carbocycles. The van der Waals surface area contributed by atoms with Gasteiger partial charge in [0.15, 0.2) is 0 Å². The van der Waals surface area contributed by atoms with E-state index in [-0.39, 0.29) is 12.8 Å². The fourth-order valence-corrected chi connectivity index (χ4v) is 2.54. The molecule has 0 radical (unpaired) electrons. The zero-order valence-corrected chi connectivity index (χ0v) is 18.2. The Labute approximate surface area is 184 Å². The van der Waals surface area contributed by atoms with E-state index in [9.17, 15) is 33.9 Å².